The van der Waals surface area contributed by atoms with Gasteiger partial charge in [0.05, 0.1) is 23.9 Å². The van der Waals surface area contributed by atoms with Gasteiger partial charge in [-0.05, 0) is 25.1 Å². The molecule has 2 amide bonds. The molecule has 1 aliphatic rings. The lowest BCUT2D eigenvalue weighted by molar-refractivity contribution is -0.139. The summed E-state index contributed by atoms with van der Waals surface area (Å²) in [5.41, 5.74) is 0.291. The number of esters is 1. The van der Waals surface area contributed by atoms with Crippen LogP contribution in [0.3, 0.4) is 0 Å². The van der Waals surface area contributed by atoms with Crippen molar-refractivity contribution >= 4 is 12.0 Å². The van der Waals surface area contributed by atoms with Crippen LogP contribution in [0.15, 0.2) is 59.8 Å². The van der Waals surface area contributed by atoms with Crippen LogP contribution in [0.25, 0.3) is 0 Å². The number of para-hydroxylation sites is 1. The highest BCUT2D eigenvalue weighted by molar-refractivity contribution is 5.95. The van der Waals surface area contributed by atoms with Gasteiger partial charge in [0, 0.05) is 12.6 Å². The van der Waals surface area contributed by atoms with E-state index in [1.54, 1.807) is 19.1 Å². The third kappa shape index (κ3) is 4.21. The average Bonchev–Trinajstić information content (AvgIpc) is 2.70. The topological polar surface area (TPSA) is 67.9 Å². The molecule has 29 heavy (non-hydrogen) atoms. The van der Waals surface area contributed by atoms with Crippen molar-refractivity contribution in [2.75, 3.05) is 20.3 Å². The van der Waals surface area contributed by atoms with Crippen molar-refractivity contribution in [2.45, 2.75) is 13.0 Å². The molecule has 2 aromatic rings. The van der Waals surface area contributed by atoms with Crippen LogP contribution in [-0.2, 0) is 9.53 Å². The number of benzene rings is 2. The number of amides is 2. The third-order valence-electron chi connectivity index (χ3n) is 4.49. The Labute approximate surface area is 166 Å². The largest absolute Gasteiger partial charge is 0.484 e. The van der Waals surface area contributed by atoms with E-state index in [2.05, 4.69) is 5.32 Å². The number of carbonyl (C=O) groups excluding carboxylic acids is 2. The summed E-state index contributed by atoms with van der Waals surface area (Å²) in [4.78, 5) is 26.4. The van der Waals surface area contributed by atoms with Crippen LogP contribution in [-0.4, -0.2) is 37.2 Å². The summed E-state index contributed by atoms with van der Waals surface area (Å²) in [6.45, 7) is 1.44. The standard InChI is InChI=1S/C21H20F2N2O4/c1-3-28-20(26)18-16(12-29-17-11-7-6-10-15(17)23)25(2)21(27)24-19(18)13-8-4-5-9-14(13)22/h4-11,19H,3,12H2,1-2H3,(H,24,27). The Bertz CT molecular complexity index is 961. The number of carbonyl (C=O) groups is 2. The van der Waals surface area contributed by atoms with Crippen LogP contribution in [0.2, 0.25) is 0 Å². The lowest BCUT2D eigenvalue weighted by Crippen LogP contribution is -2.48. The maximum atomic E-state index is 14.4. The molecule has 0 aromatic heterocycles. The number of halogens is 2. The van der Waals surface area contributed by atoms with Crippen molar-refractivity contribution in [2.24, 2.45) is 0 Å². The predicted molar refractivity (Wildman–Crippen MR) is 101 cm³/mol. The molecule has 0 saturated heterocycles. The Balaban J connectivity index is 2.07. The van der Waals surface area contributed by atoms with E-state index in [1.807, 2.05) is 0 Å². The summed E-state index contributed by atoms with van der Waals surface area (Å²) in [6, 6.07) is 9.95. The predicted octanol–water partition coefficient (Wildman–Crippen LogP) is 3.56. The number of rotatable bonds is 6. The van der Waals surface area contributed by atoms with E-state index in [1.165, 1.54) is 48.3 Å². The summed E-state index contributed by atoms with van der Waals surface area (Å²) < 4.78 is 39.0. The highest BCUT2D eigenvalue weighted by Crippen LogP contribution is 2.32. The van der Waals surface area contributed by atoms with Gasteiger partial charge in [0.2, 0.25) is 0 Å². The fourth-order valence-corrected chi connectivity index (χ4v) is 3.03. The van der Waals surface area contributed by atoms with E-state index in [9.17, 15) is 18.4 Å². The van der Waals surface area contributed by atoms with Crippen molar-refractivity contribution in [3.05, 3.63) is 77.0 Å². The minimum atomic E-state index is -1.07. The average molecular weight is 402 g/mol. The van der Waals surface area contributed by atoms with Crippen LogP contribution in [0.4, 0.5) is 13.6 Å². The SMILES string of the molecule is CCOC(=O)C1=C(COc2ccccc2F)N(C)C(=O)NC1c1ccccc1F. The molecule has 0 fully saturated rings. The van der Waals surface area contributed by atoms with E-state index >= 15 is 0 Å². The molecule has 1 unspecified atom stereocenters. The molecule has 1 atom stereocenters. The van der Waals surface area contributed by atoms with Crippen LogP contribution in [0.5, 0.6) is 5.75 Å². The second-order valence-corrected chi connectivity index (χ2v) is 6.26. The smallest absolute Gasteiger partial charge is 0.338 e. The number of ether oxygens (including phenoxy) is 2. The normalized spacial score (nSPS) is 16.5. The lowest BCUT2D eigenvalue weighted by Gasteiger charge is -2.34. The molecule has 0 aliphatic carbocycles. The Morgan fingerprint density at radius 2 is 1.76 bits per heavy atom. The van der Waals surface area contributed by atoms with Gasteiger partial charge in [-0.2, -0.15) is 0 Å². The molecule has 3 rings (SSSR count). The first-order valence-electron chi connectivity index (χ1n) is 9.00. The van der Waals surface area contributed by atoms with E-state index < -0.39 is 29.7 Å². The monoisotopic (exact) mass is 402 g/mol. The summed E-state index contributed by atoms with van der Waals surface area (Å²) in [5, 5.41) is 2.61. The molecule has 1 aliphatic heterocycles. The van der Waals surface area contributed by atoms with Gasteiger partial charge in [-0.15, -0.1) is 0 Å². The van der Waals surface area contributed by atoms with Gasteiger partial charge in [-0.25, -0.2) is 18.4 Å². The molecule has 8 heteroatoms. The zero-order chi connectivity index (χ0) is 21.0. The highest BCUT2D eigenvalue weighted by Gasteiger charge is 2.38. The zero-order valence-electron chi connectivity index (χ0n) is 15.9. The third-order valence-corrected chi connectivity index (χ3v) is 4.49. The van der Waals surface area contributed by atoms with Gasteiger partial charge in [-0.1, -0.05) is 30.3 Å². The number of nitrogens with one attached hydrogen (secondary N) is 1. The van der Waals surface area contributed by atoms with Crippen LogP contribution in [0.1, 0.15) is 18.5 Å². The highest BCUT2D eigenvalue weighted by atomic mass is 19.1. The van der Waals surface area contributed by atoms with Crippen molar-refractivity contribution < 1.29 is 27.8 Å². The number of hydrogen-bond acceptors (Lipinski definition) is 4. The number of urea groups is 1. The van der Waals surface area contributed by atoms with Crippen LogP contribution in [0, 0.1) is 11.6 Å². The molecule has 152 valence electrons. The molecule has 0 radical (unpaired) electrons. The zero-order valence-corrected chi connectivity index (χ0v) is 15.9. The van der Waals surface area contributed by atoms with E-state index in [-0.39, 0.29) is 35.8 Å². The summed E-state index contributed by atoms with van der Waals surface area (Å²) in [7, 11) is 1.44. The minimum absolute atomic E-state index is 0.0235. The molecule has 0 saturated carbocycles. The summed E-state index contributed by atoms with van der Waals surface area (Å²) >= 11 is 0. The van der Waals surface area contributed by atoms with E-state index in [0.29, 0.717) is 0 Å². The van der Waals surface area contributed by atoms with E-state index in [0.717, 1.165) is 0 Å². The van der Waals surface area contributed by atoms with Gasteiger partial charge in [0.15, 0.2) is 11.6 Å². The Morgan fingerprint density at radius 1 is 1.10 bits per heavy atom. The van der Waals surface area contributed by atoms with Gasteiger partial charge < -0.3 is 14.8 Å². The number of nitrogens with zero attached hydrogens (tertiary/aromatic N) is 1. The quantitative estimate of drug-likeness (QED) is 0.751. The summed E-state index contributed by atoms with van der Waals surface area (Å²) in [6.07, 6.45) is 0. The van der Waals surface area contributed by atoms with E-state index in [4.69, 9.17) is 9.47 Å². The maximum Gasteiger partial charge on any atom is 0.338 e. The fraction of sp³-hybridized carbons (Fsp3) is 0.238. The van der Waals surface area contributed by atoms with Crippen molar-refractivity contribution in [3.8, 4) is 5.75 Å². The number of hydrogen-bond donors (Lipinski definition) is 1. The Hall–Kier alpha value is -3.42. The first-order valence-corrected chi connectivity index (χ1v) is 9.00. The molecule has 0 bridgehead atoms. The number of likely N-dealkylation sites (N-methyl/N-ethyl adjacent to an activating group) is 1. The first-order chi connectivity index (χ1) is 13.9. The Kier molecular flexibility index (Phi) is 6.11. The van der Waals surface area contributed by atoms with Crippen molar-refractivity contribution in [1.29, 1.82) is 0 Å². The molecule has 2 aromatic carbocycles. The van der Waals surface area contributed by atoms with Crippen LogP contribution < -0.4 is 10.1 Å². The molecule has 1 heterocycles. The van der Waals surface area contributed by atoms with Gasteiger partial charge in [0.1, 0.15) is 12.4 Å². The van der Waals surface area contributed by atoms with Gasteiger partial charge in [0.25, 0.3) is 0 Å². The lowest BCUT2D eigenvalue weighted by atomic mass is 9.94. The minimum Gasteiger partial charge on any atom is -0.484 e. The van der Waals surface area contributed by atoms with Crippen LogP contribution >= 0.6 is 0 Å². The van der Waals surface area contributed by atoms with Crippen molar-refractivity contribution in [1.82, 2.24) is 10.2 Å². The van der Waals surface area contributed by atoms with Gasteiger partial charge in [-0.3, -0.25) is 4.90 Å². The van der Waals surface area contributed by atoms with Gasteiger partial charge >= 0.3 is 12.0 Å². The summed E-state index contributed by atoms with van der Waals surface area (Å²) in [5.74, 6) is -1.93. The first kappa shape index (κ1) is 20.3. The second kappa shape index (κ2) is 8.72. The molecule has 6 nitrogen and oxygen atoms in total. The molecule has 1 N–H and O–H groups in total. The molecular formula is C21H20F2N2O4. The maximum absolute atomic E-state index is 14.4. The second-order valence-electron chi connectivity index (χ2n) is 6.26. The Morgan fingerprint density at radius 3 is 2.41 bits per heavy atom. The molecular weight excluding hydrogens is 382 g/mol. The molecule has 0 spiro atoms. The fourth-order valence-electron chi connectivity index (χ4n) is 3.03. The van der Waals surface area contributed by atoms with Crippen molar-refractivity contribution in [3.63, 3.8) is 0 Å².